The topological polar surface area (TPSA) is 22.1 Å². The summed E-state index contributed by atoms with van der Waals surface area (Å²) in [6.07, 6.45) is 1.83. The quantitative estimate of drug-likeness (QED) is 0.693. The minimum absolute atomic E-state index is 0.539. The van der Waals surface area contributed by atoms with Gasteiger partial charge in [-0.3, -0.25) is 0 Å². The first-order valence-corrected chi connectivity index (χ1v) is 6.86. The Morgan fingerprint density at radius 3 is 2.63 bits per heavy atom. The summed E-state index contributed by atoms with van der Waals surface area (Å²) in [5, 5.41) is 0.717. The fraction of sp³-hybridized carbons (Fsp3) is 0.0625. The molecule has 3 heteroatoms. The molecule has 1 heterocycles. The second kappa shape index (κ2) is 5.24. The number of rotatable bonds is 4. The smallest absolute Gasteiger partial charge is 0.274 e. The van der Waals surface area contributed by atoms with Gasteiger partial charge < -0.3 is 4.74 Å². The van der Waals surface area contributed by atoms with E-state index in [0.29, 0.717) is 11.8 Å². The van der Waals surface area contributed by atoms with Gasteiger partial charge in [-0.05, 0) is 23.3 Å². The third-order valence-electron chi connectivity index (χ3n) is 2.85. The average molecular weight is 267 g/mol. The highest BCUT2D eigenvalue weighted by atomic mass is 32.1. The lowest BCUT2D eigenvalue weighted by atomic mass is 10.1. The van der Waals surface area contributed by atoms with Crippen molar-refractivity contribution in [1.82, 2.24) is 4.98 Å². The van der Waals surface area contributed by atoms with Gasteiger partial charge in [0.05, 0.1) is 10.2 Å². The van der Waals surface area contributed by atoms with Gasteiger partial charge >= 0.3 is 0 Å². The molecule has 0 atom stereocenters. The van der Waals surface area contributed by atoms with Gasteiger partial charge in [-0.2, -0.15) is 0 Å². The molecule has 0 spiro atoms. The molecular weight excluding hydrogens is 254 g/mol. The van der Waals surface area contributed by atoms with Crippen LogP contribution in [0.2, 0.25) is 0 Å². The number of benzene rings is 2. The van der Waals surface area contributed by atoms with Crippen molar-refractivity contribution in [2.75, 3.05) is 0 Å². The number of hydrogen-bond acceptors (Lipinski definition) is 3. The number of thiazole rings is 1. The van der Waals surface area contributed by atoms with Crippen LogP contribution < -0.4 is 4.74 Å². The van der Waals surface area contributed by atoms with Crippen LogP contribution >= 0.6 is 11.3 Å². The first kappa shape index (κ1) is 11.9. The Labute approximate surface area is 116 Å². The van der Waals surface area contributed by atoms with E-state index in [9.17, 15) is 0 Å². The van der Waals surface area contributed by atoms with E-state index in [1.807, 2.05) is 48.5 Å². The van der Waals surface area contributed by atoms with E-state index in [1.165, 1.54) is 0 Å². The molecule has 0 aliphatic rings. The van der Waals surface area contributed by atoms with Crippen molar-refractivity contribution < 1.29 is 4.74 Å². The first-order valence-electron chi connectivity index (χ1n) is 6.05. The van der Waals surface area contributed by atoms with E-state index in [1.54, 1.807) is 11.3 Å². The van der Waals surface area contributed by atoms with E-state index in [0.717, 1.165) is 21.3 Å². The molecule has 3 aromatic rings. The lowest BCUT2D eigenvalue weighted by molar-refractivity contribution is 0.305. The van der Waals surface area contributed by atoms with E-state index in [4.69, 9.17) is 4.74 Å². The molecule has 0 bridgehead atoms. The van der Waals surface area contributed by atoms with Crippen molar-refractivity contribution in [1.29, 1.82) is 0 Å². The van der Waals surface area contributed by atoms with Gasteiger partial charge in [0.15, 0.2) is 0 Å². The van der Waals surface area contributed by atoms with Crippen LogP contribution in [0.5, 0.6) is 5.19 Å². The van der Waals surface area contributed by atoms with Crippen LogP contribution in [0, 0.1) is 0 Å². The minimum Gasteiger partial charge on any atom is -0.465 e. The fourth-order valence-corrected chi connectivity index (χ4v) is 2.62. The molecule has 3 rings (SSSR count). The Morgan fingerprint density at radius 2 is 1.89 bits per heavy atom. The van der Waals surface area contributed by atoms with Crippen LogP contribution in [0.1, 0.15) is 11.1 Å². The van der Waals surface area contributed by atoms with Crippen molar-refractivity contribution >= 4 is 27.6 Å². The molecule has 0 unspecified atom stereocenters. The molecule has 0 fully saturated rings. The Hall–Kier alpha value is -2.13. The zero-order valence-electron chi connectivity index (χ0n) is 10.4. The van der Waals surface area contributed by atoms with Gasteiger partial charge in [0.2, 0.25) is 0 Å². The van der Waals surface area contributed by atoms with E-state index in [2.05, 4.69) is 17.6 Å². The molecule has 0 radical (unpaired) electrons. The molecule has 94 valence electrons. The lowest BCUT2D eigenvalue weighted by Crippen LogP contribution is -1.94. The summed E-state index contributed by atoms with van der Waals surface area (Å²) in [5.41, 5.74) is 3.23. The number of para-hydroxylation sites is 1. The SMILES string of the molecule is C=Cc1ccc(COc2nc3ccccc3s2)cc1. The summed E-state index contributed by atoms with van der Waals surface area (Å²) < 4.78 is 6.88. The molecule has 1 aromatic heterocycles. The van der Waals surface area contributed by atoms with E-state index in [-0.39, 0.29) is 0 Å². The van der Waals surface area contributed by atoms with E-state index < -0.39 is 0 Å². The Morgan fingerprint density at radius 1 is 1.11 bits per heavy atom. The van der Waals surface area contributed by atoms with Crippen LogP contribution in [-0.2, 0) is 6.61 Å². The largest absolute Gasteiger partial charge is 0.465 e. The monoisotopic (exact) mass is 267 g/mol. The summed E-state index contributed by atoms with van der Waals surface area (Å²) >= 11 is 1.57. The lowest BCUT2D eigenvalue weighted by Gasteiger charge is -2.02. The molecule has 2 aromatic carbocycles. The number of aromatic nitrogens is 1. The molecule has 0 amide bonds. The highest BCUT2D eigenvalue weighted by molar-refractivity contribution is 7.20. The molecule has 0 aliphatic heterocycles. The number of ether oxygens (including phenoxy) is 1. The summed E-state index contributed by atoms with van der Waals surface area (Å²) in [6, 6.07) is 16.2. The van der Waals surface area contributed by atoms with Gasteiger partial charge in [0.25, 0.3) is 5.19 Å². The third kappa shape index (κ3) is 2.66. The Kier molecular flexibility index (Phi) is 3.29. The van der Waals surface area contributed by atoms with Crippen molar-refractivity contribution in [2.24, 2.45) is 0 Å². The second-order valence-electron chi connectivity index (χ2n) is 4.18. The standard InChI is InChI=1S/C16H13NOS/c1-2-12-7-9-13(10-8-12)11-18-16-17-14-5-3-4-6-15(14)19-16/h2-10H,1,11H2. The maximum absolute atomic E-state index is 5.73. The second-order valence-corrected chi connectivity index (χ2v) is 5.18. The summed E-state index contributed by atoms with van der Waals surface area (Å²) in [6.45, 7) is 4.28. The van der Waals surface area contributed by atoms with Crippen LogP contribution in [0.15, 0.2) is 55.1 Å². The first-order chi connectivity index (χ1) is 9.35. The number of fused-ring (bicyclic) bond motifs is 1. The molecule has 0 aliphatic carbocycles. The van der Waals surface area contributed by atoms with Gasteiger partial charge in [-0.25, -0.2) is 4.98 Å². The fourth-order valence-electron chi connectivity index (χ4n) is 1.81. The molecule has 0 saturated heterocycles. The number of nitrogens with zero attached hydrogens (tertiary/aromatic N) is 1. The van der Waals surface area contributed by atoms with E-state index >= 15 is 0 Å². The van der Waals surface area contributed by atoms with Gasteiger partial charge in [0.1, 0.15) is 6.61 Å². The predicted molar refractivity (Wildman–Crippen MR) is 80.5 cm³/mol. The van der Waals surface area contributed by atoms with Gasteiger partial charge in [-0.15, -0.1) is 0 Å². The maximum atomic E-state index is 5.73. The van der Waals surface area contributed by atoms with Crippen molar-refractivity contribution in [3.05, 3.63) is 66.2 Å². The zero-order chi connectivity index (χ0) is 13.1. The predicted octanol–water partition coefficient (Wildman–Crippen LogP) is 4.52. The molecule has 0 saturated carbocycles. The minimum atomic E-state index is 0.539. The van der Waals surface area contributed by atoms with Crippen molar-refractivity contribution in [3.63, 3.8) is 0 Å². The molecular formula is C16H13NOS. The summed E-state index contributed by atoms with van der Waals surface area (Å²) in [5.74, 6) is 0. The Bertz CT molecular complexity index is 667. The summed E-state index contributed by atoms with van der Waals surface area (Å²) in [4.78, 5) is 4.44. The molecule has 0 N–H and O–H groups in total. The number of hydrogen-bond donors (Lipinski definition) is 0. The average Bonchev–Trinajstić information content (AvgIpc) is 2.88. The summed E-state index contributed by atoms with van der Waals surface area (Å²) in [7, 11) is 0. The van der Waals surface area contributed by atoms with Crippen LogP contribution in [0.4, 0.5) is 0 Å². The van der Waals surface area contributed by atoms with Crippen LogP contribution in [0.25, 0.3) is 16.3 Å². The molecule has 19 heavy (non-hydrogen) atoms. The van der Waals surface area contributed by atoms with Gasteiger partial charge in [-0.1, -0.05) is 60.4 Å². The zero-order valence-corrected chi connectivity index (χ0v) is 11.2. The van der Waals surface area contributed by atoms with Gasteiger partial charge in [0, 0.05) is 0 Å². The van der Waals surface area contributed by atoms with Crippen LogP contribution in [0.3, 0.4) is 0 Å². The maximum Gasteiger partial charge on any atom is 0.274 e. The van der Waals surface area contributed by atoms with Crippen LogP contribution in [-0.4, -0.2) is 4.98 Å². The highest BCUT2D eigenvalue weighted by Crippen LogP contribution is 2.27. The normalized spacial score (nSPS) is 10.5. The highest BCUT2D eigenvalue weighted by Gasteiger charge is 2.04. The van der Waals surface area contributed by atoms with Crippen molar-refractivity contribution in [3.8, 4) is 5.19 Å². The molecule has 2 nitrogen and oxygen atoms in total. The Balaban J connectivity index is 1.72. The van der Waals surface area contributed by atoms with Crippen molar-refractivity contribution in [2.45, 2.75) is 6.61 Å². The third-order valence-corrected chi connectivity index (χ3v) is 3.80.